The molecule has 0 aromatic heterocycles. The van der Waals surface area contributed by atoms with Gasteiger partial charge >= 0.3 is 0 Å². The first-order chi connectivity index (χ1) is 8.86. The summed E-state index contributed by atoms with van der Waals surface area (Å²) in [4.78, 5) is 2.83. The van der Waals surface area contributed by atoms with Crippen molar-refractivity contribution in [1.82, 2.24) is 10.2 Å². The van der Waals surface area contributed by atoms with Crippen LogP contribution in [0.4, 0.5) is 0 Å². The van der Waals surface area contributed by atoms with Crippen molar-refractivity contribution in [1.29, 1.82) is 0 Å². The number of rotatable bonds is 8. The third-order valence-corrected chi connectivity index (χ3v) is 5.17. The molecule has 104 valence electrons. The summed E-state index contributed by atoms with van der Waals surface area (Å²) >= 11 is 0. The summed E-state index contributed by atoms with van der Waals surface area (Å²) in [6.45, 7) is 6.20. The van der Waals surface area contributed by atoms with E-state index in [1.807, 2.05) is 0 Å². The second-order valence-electron chi connectivity index (χ2n) is 6.81. The zero-order valence-electron chi connectivity index (χ0n) is 12.0. The fourth-order valence-electron chi connectivity index (χ4n) is 3.74. The van der Waals surface area contributed by atoms with Gasteiger partial charge in [0.1, 0.15) is 0 Å². The summed E-state index contributed by atoms with van der Waals surface area (Å²) < 4.78 is 0. The van der Waals surface area contributed by atoms with Crippen molar-refractivity contribution >= 4 is 0 Å². The molecule has 1 N–H and O–H groups in total. The Labute approximate surface area is 113 Å². The first kappa shape index (κ1) is 12.9. The molecule has 0 radical (unpaired) electrons. The van der Waals surface area contributed by atoms with Crippen LogP contribution in [0.1, 0.15) is 58.3 Å². The topological polar surface area (TPSA) is 15.3 Å². The Balaban J connectivity index is 1.43. The summed E-state index contributed by atoms with van der Waals surface area (Å²) in [7, 11) is 0. The van der Waals surface area contributed by atoms with Gasteiger partial charge in [-0.05, 0) is 69.9 Å². The predicted octanol–water partition coefficient (Wildman–Crippen LogP) is 3.03. The van der Waals surface area contributed by atoms with Crippen LogP contribution in [0.3, 0.4) is 0 Å². The van der Waals surface area contributed by atoms with Crippen LogP contribution in [0.5, 0.6) is 0 Å². The Morgan fingerprint density at radius 2 is 1.89 bits per heavy atom. The van der Waals surface area contributed by atoms with Crippen molar-refractivity contribution in [2.45, 2.75) is 70.4 Å². The summed E-state index contributed by atoms with van der Waals surface area (Å²) in [6, 6.07) is 1.81. The van der Waals surface area contributed by atoms with Gasteiger partial charge < -0.3 is 10.2 Å². The van der Waals surface area contributed by atoms with Crippen LogP contribution in [0.25, 0.3) is 0 Å². The molecular formula is C16H30N2. The van der Waals surface area contributed by atoms with E-state index in [-0.39, 0.29) is 0 Å². The highest BCUT2D eigenvalue weighted by atomic mass is 15.2. The number of nitrogens with zero attached hydrogens (tertiary/aromatic N) is 1. The van der Waals surface area contributed by atoms with E-state index in [4.69, 9.17) is 0 Å². The molecule has 0 bridgehead atoms. The minimum absolute atomic E-state index is 0.831. The standard InChI is InChI=1S/C16H30N2/c1-2-17-16-5-3-4-14(16)10-11-18(15-8-9-15)12-13-6-7-13/h13-17H,2-12H2,1H3. The molecule has 2 heteroatoms. The first-order valence-electron chi connectivity index (χ1n) is 8.34. The van der Waals surface area contributed by atoms with Crippen molar-refractivity contribution in [3.05, 3.63) is 0 Å². The lowest BCUT2D eigenvalue weighted by molar-refractivity contribution is 0.224. The van der Waals surface area contributed by atoms with Crippen molar-refractivity contribution in [3.63, 3.8) is 0 Å². The highest BCUT2D eigenvalue weighted by Gasteiger charge is 2.34. The van der Waals surface area contributed by atoms with E-state index in [2.05, 4.69) is 17.1 Å². The number of nitrogens with one attached hydrogen (secondary N) is 1. The predicted molar refractivity (Wildman–Crippen MR) is 76.7 cm³/mol. The summed E-state index contributed by atoms with van der Waals surface area (Å²) in [5.41, 5.74) is 0. The van der Waals surface area contributed by atoms with Crippen LogP contribution in [-0.4, -0.2) is 36.6 Å². The largest absolute Gasteiger partial charge is 0.314 e. The van der Waals surface area contributed by atoms with Crippen molar-refractivity contribution in [2.24, 2.45) is 11.8 Å². The molecular weight excluding hydrogens is 220 g/mol. The Hall–Kier alpha value is -0.0800. The minimum atomic E-state index is 0.831. The molecule has 2 nitrogen and oxygen atoms in total. The molecule has 3 rings (SSSR count). The normalized spacial score (nSPS) is 32.3. The van der Waals surface area contributed by atoms with E-state index in [0.29, 0.717) is 0 Å². The van der Waals surface area contributed by atoms with Gasteiger partial charge in [-0.1, -0.05) is 13.3 Å². The lowest BCUT2D eigenvalue weighted by atomic mass is 9.99. The molecule has 0 spiro atoms. The minimum Gasteiger partial charge on any atom is -0.314 e. The highest BCUT2D eigenvalue weighted by molar-refractivity contribution is 4.90. The van der Waals surface area contributed by atoms with Gasteiger partial charge in [-0.3, -0.25) is 0 Å². The van der Waals surface area contributed by atoms with Gasteiger partial charge in [0.15, 0.2) is 0 Å². The fraction of sp³-hybridized carbons (Fsp3) is 1.00. The molecule has 18 heavy (non-hydrogen) atoms. The molecule has 0 aliphatic heterocycles. The highest BCUT2D eigenvalue weighted by Crippen LogP contribution is 2.36. The van der Waals surface area contributed by atoms with E-state index in [1.54, 1.807) is 0 Å². The van der Waals surface area contributed by atoms with Crippen LogP contribution < -0.4 is 5.32 Å². The van der Waals surface area contributed by atoms with E-state index in [9.17, 15) is 0 Å². The summed E-state index contributed by atoms with van der Waals surface area (Å²) in [5.74, 6) is 2.03. The SMILES string of the molecule is CCNC1CCCC1CCN(CC1CC1)C1CC1. The molecule has 0 heterocycles. The third kappa shape index (κ3) is 3.48. The van der Waals surface area contributed by atoms with E-state index >= 15 is 0 Å². The smallest absolute Gasteiger partial charge is 0.00965 e. The average molecular weight is 250 g/mol. The monoisotopic (exact) mass is 250 g/mol. The molecule has 0 saturated heterocycles. The Kier molecular flexibility index (Phi) is 4.25. The van der Waals surface area contributed by atoms with Crippen LogP contribution in [0, 0.1) is 11.8 Å². The van der Waals surface area contributed by atoms with Gasteiger partial charge in [-0.2, -0.15) is 0 Å². The van der Waals surface area contributed by atoms with Crippen LogP contribution in [0.2, 0.25) is 0 Å². The second kappa shape index (κ2) is 5.92. The summed E-state index contributed by atoms with van der Waals surface area (Å²) in [6.07, 6.45) is 11.8. The second-order valence-corrected chi connectivity index (χ2v) is 6.81. The molecule has 2 unspecified atom stereocenters. The summed E-state index contributed by atoms with van der Waals surface area (Å²) in [5, 5.41) is 3.70. The maximum absolute atomic E-state index is 3.70. The van der Waals surface area contributed by atoms with Gasteiger partial charge in [0, 0.05) is 18.6 Å². The zero-order valence-corrected chi connectivity index (χ0v) is 12.0. The van der Waals surface area contributed by atoms with Gasteiger partial charge in [0.25, 0.3) is 0 Å². The lowest BCUT2D eigenvalue weighted by Gasteiger charge is -2.26. The maximum Gasteiger partial charge on any atom is 0.00965 e. The third-order valence-electron chi connectivity index (χ3n) is 5.17. The molecule has 0 aromatic carbocycles. The van der Waals surface area contributed by atoms with Crippen LogP contribution in [0.15, 0.2) is 0 Å². The van der Waals surface area contributed by atoms with Crippen LogP contribution >= 0.6 is 0 Å². The molecule has 3 fully saturated rings. The van der Waals surface area contributed by atoms with Crippen molar-refractivity contribution in [2.75, 3.05) is 19.6 Å². The quantitative estimate of drug-likeness (QED) is 0.712. The molecule has 3 aliphatic rings. The Morgan fingerprint density at radius 3 is 2.56 bits per heavy atom. The van der Waals surface area contributed by atoms with Gasteiger partial charge in [-0.15, -0.1) is 0 Å². The number of hydrogen-bond donors (Lipinski definition) is 1. The molecule has 3 aliphatic carbocycles. The fourth-order valence-corrected chi connectivity index (χ4v) is 3.74. The molecule has 3 saturated carbocycles. The van der Waals surface area contributed by atoms with E-state index in [0.717, 1.165) is 30.5 Å². The maximum atomic E-state index is 3.70. The zero-order chi connectivity index (χ0) is 12.4. The Bertz CT molecular complexity index is 258. The molecule has 0 aromatic rings. The van der Waals surface area contributed by atoms with Crippen LogP contribution in [-0.2, 0) is 0 Å². The Morgan fingerprint density at radius 1 is 1.06 bits per heavy atom. The van der Waals surface area contributed by atoms with Gasteiger partial charge in [-0.25, -0.2) is 0 Å². The van der Waals surface area contributed by atoms with E-state index < -0.39 is 0 Å². The first-order valence-corrected chi connectivity index (χ1v) is 8.34. The van der Waals surface area contributed by atoms with Gasteiger partial charge in [0.2, 0.25) is 0 Å². The van der Waals surface area contributed by atoms with E-state index in [1.165, 1.54) is 64.5 Å². The van der Waals surface area contributed by atoms with Gasteiger partial charge in [0.05, 0.1) is 0 Å². The lowest BCUT2D eigenvalue weighted by Crippen LogP contribution is -2.36. The molecule has 0 amide bonds. The van der Waals surface area contributed by atoms with Crippen molar-refractivity contribution < 1.29 is 0 Å². The van der Waals surface area contributed by atoms with Crippen molar-refractivity contribution in [3.8, 4) is 0 Å². The average Bonchev–Trinajstić information content (AvgIpc) is 3.26. The molecule has 2 atom stereocenters. The number of hydrogen-bond acceptors (Lipinski definition) is 2.